The summed E-state index contributed by atoms with van der Waals surface area (Å²) in [5.74, 6) is -0.173. The molecule has 1 saturated heterocycles. The lowest BCUT2D eigenvalue weighted by atomic mass is 10.2. The van der Waals surface area contributed by atoms with Crippen LogP contribution in [0.5, 0.6) is 0 Å². The minimum Gasteiger partial charge on any atom is -0.228 e. The van der Waals surface area contributed by atoms with Crippen LogP contribution < -0.4 is 0 Å². The fourth-order valence-corrected chi connectivity index (χ4v) is 8.73. The first-order valence-corrected chi connectivity index (χ1v) is 12.0. The van der Waals surface area contributed by atoms with Gasteiger partial charge in [0.1, 0.15) is 4.21 Å². The fourth-order valence-electron chi connectivity index (χ4n) is 2.52. The Kier molecular flexibility index (Phi) is 4.88. The highest BCUT2D eigenvalue weighted by Gasteiger charge is 2.36. The molecule has 0 amide bonds. The quantitative estimate of drug-likeness (QED) is 0.778. The van der Waals surface area contributed by atoms with Crippen LogP contribution in [0.25, 0.3) is 0 Å². The van der Waals surface area contributed by atoms with Crippen molar-refractivity contribution in [2.45, 2.75) is 15.9 Å². The van der Waals surface area contributed by atoms with Crippen LogP contribution in [-0.4, -0.2) is 40.0 Å². The van der Waals surface area contributed by atoms with Crippen LogP contribution in [-0.2, 0) is 19.9 Å². The summed E-state index contributed by atoms with van der Waals surface area (Å²) in [6.45, 7) is 0.154. The van der Waals surface area contributed by atoms with E-state index in [-0.39, 0.29) is 29.5 Å². The Hall–Kier alpha value is -0.450. The van der Waals surface area contributed by atoms with E-state index in [4.69, 9.17) is 11.6 Å². The van der Waals surface area contributed by atoms with Gasteiger partial charge in [-0.3, -0.25) is 0 Å². The molecule has 1 aliphatic rings. The second-order valence-corrected chi connectivity index (χ2v) is 12.3. The van der Waals surface area contributed by atoms with Crippen molar-refractivity contribution in [3.63, 3.8) is 0 Å². The Labute approximate surface area is 148 Å². The maximum atomic E-state index is 12.6. The summed E-state index contributed by atoms with van der Waals surface area (Å²) in [4.78, 5) is 0.767. The van der Waals surface area contributed by atoms with Crippen LogP contribution in [0.1, 0.15) is 16.5 Å². The molecule has 2 aromatic rings. The lowest BCUT2D eigenvalue weighted by molar-refractivity contribution is 0.430. The smallest absolute Gasteiger partial charge is 0.228 e. The van der Waals surface area contributed by atoms with Crippen molar-refractivity contribution in [3.05, 3.63) is 38.9 Å². The highest BCUT2D eigenvalue weighted by atomic mass is 35.5. The van der Waals surface area contributed by atoms with Crippen molar-refractivity contribution >= 4 is 54.1 Å². The first kappa shape index (κ1) is 17.4. The number of nitrogens with zero attached hydrogens (tertiary/aromatic N) is 1. The van der Waals surface area contributed by atoms with Gasteiger partial charge in [-0.25, -0.2) is 16.8 Å². The van der Waals surface area contributed by atoms with Crippen LogP contribution in [0, 0.1) is 0 Å². The van der Waals surface area contributed by atoms with Gasteiger partial charge in [-0.1, -0.05) is 17.7 Å². The van der Waals surface area contributed by atoms with Gasteiger partial charge >= 0.3 is 0 Å². The topological polar surface area (TPSA) is 71.5 Å². The van der Waals surface area contributed by atoms with Crippen molar-refractivity contribution in [2.24, 2.45) is 0 Å². The average molecular weight is 412 g/mol. The van der Waals surface area contributed by atoms with Gasteiger partial charge in [-0.15, -0.1) is 22.7 Å². The Morgan fingerprint density at radius 2 is 2.00 bits per heavy atom. The summed E-state index contributed by atoms with van der Waals surface area (Å²) >= 11 is 8.18. The molecular formula is C13H14ClNO4S4. The lowest BCUT2D eigenvalue weighted by Crippen LogP contribution is -2.33. The predicted octanol–water partition coefficient (Wildman–Crippen LogP) is 3.01. The average Bonchev–Trinajstić information content (AvgIpc) is 3.10. The third-order valence-corrected chi connectivity index (χ3v) is 10.5. The number of hydrogen-bond donors (Lipinski definition) is 0. The van der Waals surface area contributed by atoms with Gasteiger partial charge in [0.2, 0.25) is 0 Å². The van der Waals surface area contributed by atoms with Crippen LogP contribution >= 0.6 is 34.3 Å². The molecule has 3 rings (SSSR count). The molecule has 0 radical (unpaired) electrons. The van der Waals surface area contributed by atoms with E-state index < -0.39 is 25.1 Å². The molecule has 3 heterocycles. The van der Waals surface area contributed by atoms with E-state index in [2.05, 4.69) is 0 Å². The number of thiophene rings is 2. The van der Waals surface area contributed by atoms with Crippen LogP contribution in [0.4, 0.5) is 0 Å². The van der Waals surface area contributed by atoms with E-state index in [1.165, 1.54) is 27.8 Å². The van der Waals surface area contributed by atoms with Gasteiger partial charge in [0, 0.05) is 18.0 Å². The molecular weight excluding hydrogens is 398 g/mol. The van der Waals surface area contributed by atoms with E-state index in [1.54, 1.807) is 6.07 Å². The largest absolute Gasteiger partial charge is 0.252 e. The molecule has 0 aromatic carbocycles. The predicted molar refractivity (Wildman–Crippen MR) is 93.6 cm³/mol. The highest BCUT2D eigenvalue weighted by Crippen LogP contribution is 2.35. The molecule has 0 N–H and O–H groups in total. The standard InChI is InChI=1S/C13H14ClNO4S4/c14-12-3-4-13(21-12)23(18,19)15-6-5-11(10-2-1-8-20-10)22(16,17)9-7-15/h1-4,8,11H,5-7,9H2. The van der Waals surface area contributed by atoms with Gasteiger partial charge in [0.25, 0.3) is 10.0 Å². The number of sulfonamides is 1. The van der Waals surface area contributed by atoms with Gasteiger partial charge in [-0.2, -0.15) is 4.31 Å². The Morgan fingerprint density at radius 3 is 2.61 bits per heavy atom. The molecule has 1 aliphatic heterocycles. The number of sulfone groups is 1. The summed E-state index contributed by atoms with van der Waals surface area (Å²) < 4.78 is 52.0. The minimum atomic E-state index is -3.70. The van der Waals surface area contributed by atoms with E-state index in [0.717, 1.165) is 16.2 Å². The summed E-state index contributed by atoms with van der Waals surface area (Å²) in [5.41, 5.74) is 0. The van der Waals surface area contributed by atoms with Gasteiger partial charge in [0.05, 0.1) is 15.3 Å². The Bertz CT molecular complexity index is 886. The van der Waals surface area contributed by atoms with Crippen molar-refractivity contribution in [3.8, 4) is 0 Å². The van der Waals surface area contributed by atoms with Gasteiger partial charge < -0.3 is 0 Å². The lowest BCUT2D eigenvalue weighted by Gasteiger charge is -2.18. The van der Waals surface area contributed by atoms with Gasteiger partial charge in [0.15, 0.2) is 9.84 Å². The highest BCUT2D eigenvalue weighted by molar-refractivity contribution is 7.92. The molecule has 126 valence electrons. The van der Waals surface area contributed by atoms with Crippen molar-refractivity contribution in [2.75, 3.05) is 18.8 Å². The van der Waals surface area contributed by atoms with Crippen LogP contribution in [0.15, 0.2) is 33.9 Å². The zero-order chi connectivity index (χ0) is 16.7. The monoisotopic (exact) mass is 411 g/mol. The number of halogens is 1. The fraction of sp³-hybridized carbons (Fsp3) is 0.385. The SMILES string of the molecule is O=S1(=O)CCN(S(=O)(=O)c2ccc(Cl)s2)CCC1c1cccs1. The summed E-state index contributed by atoms with van der Waals surface area (Å²) in [7, 11) is -7.07. The molecule has 1 atom stereocenters. The Balaban J connectivity index is 1.88. The van der Waals surface area contributed by atoms with Crippen molar-refractivity contribution < 1.29 is 16.8 Å². The Morgan fingerprint density at radius 1 is 1.22 bits per heavy atom. The number of hydrogen-bond acceptors (Lipinski definition) is 6. The minimum absolute atomic E-state index is 0.0257. The summed E-state index contributed by atoms with van der Waals surface area (Å²) in [6.07, 6.45) is 0.265. The van der Waals surface area contributed by atoms with E-state index in [9.17, 15) is 16.8 Å². The zero-order valence-electron chi connectivity index (χ0n) is 11.9. The molecule has 0 saturated carbocycles. The molecule has 1 unspecified atom stereocenters. The van der Waals surface area contributed by atoms with Crippen LogP contribution in [0.2, 0.25) is 4.34 Å². The van der Waals surface area contributed by atoms with E-state index in [1.807, 2.05) is 11.4 Å². The summed E-state index contributed by atoms with van der Waals surface area (Å²) in [5, 5.41) is 1.20. The number of rotatable bonds is 3. The molecule has 2 aromatic heterocycles. The molecule has 23 heavy (non-hydrogen) atoms. The van der Waals surface area contributed by atoms with E-state index in [0.29, 0.717) is 4.34 Å². The van der Waals surface area contributed by atoms with E-state index >= 15 is 0 Å². The second-order valence-electron chi connectivity index (χ2n) is 5.12. The second kappa shape index (κ2) is 6.45. The molecule has 1 fully saturated rings. The zero-order valence-corrected chi connectivity index (χ0v) is 15.9. The maximum Gasteiger partial charge on any atom is 0.252 e. The van der Waals surface area contributed by atoms with Crippen molar-refractivity contribution in [1.29, 1.82) is 0 Å². The first-order valence-electron chi connectivity index (χ1n) is 6.81. The molecule has 0 bridgehead atoms. The maximum absolute atomic E-state index is 12.6. The van der Waals surface area contributed by atoms with Gasteiger partial charge in [-0.05, 0) is 30.0 Å². The third-order valence-electron chi connectivity index (χ3n) is 3.70. The molecule has 10 heteroatoms. The molecule has 0 spiro atoms. The molecule has 5 nitrogen and oxygen atoms in total. The third kappa shape index (κ3) is 3.49. The van der Waals surface area contributed by atoms with Crippen molar-refractivity contribution in [1.82, 2.24) is 4.31 Å². The molecule has 0 aliphatic carbocycles. The summed E-state index contributed by atoms with van der Waals surface area (Å²) in [6, 6.07) is 6.58. The first-order chi connectivity index (χ1) is 10.8. The van der Waals surface area contributed by atoms with Crippen LogP contribution in [0.3, 0.4) is 0 Å². The normalized spacial score (nSPS) is 22.7.